The zero-order valence-corrected chi connectivity index (χ0v) is 12.7. The van der Waals surface area contributed by atoms with E-state index in [1.807, 2.05) is 13.8 Å². The van der Waals surface area contributed by atoms with Crippen LogP contribution >= 0.6 is 0 Å². The predicted molar refractivity (Wildman–Crippen MR) is 76.9 cm³/mol. The smallest absolute Gasteiger partial charge is 0.0593 e. The van der Waals surface area contributed by atoms with E-state index in [-0.39, 0.29) is 0 Å². The molecule has 0 spiro atoms. The van der Waals surface area contributed by atoms with Gasteiger partial charge in [-0.2, -0.15) is 0 Å². The average molecular weight is 260 g/mol. The summed E-state index contributed by atoms with van der Waals surface area (Å²) in [5, 5.41) is 0. The SMILES string of the molecule is CCOCCN(CCOCC)C(CN)CC(C)C. The van der Waals surface area contributed by atoms with Gasteiger partial charge in [0.2, 0.25) is 0 Å². The second-order valence-electron chi connectivity index (χ2n) is 4.95. The number of nitrogens with zero attached hydrogens (tertiary/aromatic N) is 1. The number of hydrogen-bond acceptors (Lipinski definition) is 4. The van der Waals surface area contributed by atoms with Gasteiger partial charge in [0.1, 0.15) is 0 Å². The van der Waals surface area contributed by atoms with E-state index in [9.17, 15) is 0 Å². The summed E-state index contributed by atoms with van der Waals surface area (Å²) in [7, 11) is 0. The molecule has 0 saturated heterocycles. The quantitative estimate of drug-likeness (QED) is 0.543. The molecular formula is C14H32N2O2. The van der Waals surface area contributed by atoms with Crippen LogP contribution in [0.4, 0.5) is 0 Å². The first-order chi connectivity index (χ1) is 8.65. The molecule has 0 radical (unpaired) electrons. The normalized spacial score (nSPS) is 13.5. The monoisotopic (exact) mass is 260 g/mol. The lowest BCUT2D eigenvalue weighted by Gasteiger charge is -2.31. The average Bonchev–Trinajstić information content (AvgIpc) is 2.34. The van der Waals surface area contributed by atoms with Crippen molar-refractivity contribution in [3.8, 4) is 0 Å². The highest BCUT2D eigenvalue weighted by molar-refractivity contribution is 4.74. The van der Waals surface area contributed by atoms with Crippen molar-refractivity contribution in [1.29, 1.82) is 0 Å². The zero-order chi connectivity index (χ0) is 13.8. The van der Waals surface area contributed by atoms with Crippen LogP contribution in [-0.4, -0.2) is 57.0 Å². The third-order valence-electron chi connectivity index (χ3n) is 2.99. The van der Waals surface area contributed by atoms with Gasteiger partial charge in [0.05, 0.1) is 13.2 Å². The van der Waals surface area contributed by atoms with Crippen molar-refractivity contribution < 1.29 is 9.47 Å². The van der Waals surface area contributed by atoms with Crippen LogP contribution < -0.4 is 5.73 Å². The maximum atomic E-state index is 5.91. The van der Waals surface area contributed by atoms with Gasteiger partial charge < -0.3 is 15.2 Å². The number of ether oxygens (including phenoxy) is 2. The summed E-state index contributed by atoms with van der Waals surface area (Å²) in [5.41, 5.74) is 5.91. The van der Waals surface area contributed by atoms with E-state index in [1.165, 1.54) is 0 Å². The summed E-state index contributed by atoms with van der Waals surface area (Å²) >= 11 is 0. The molecule has 0 saturated carbocycles. The molecule has 0 rings (SSSR count). The fraction of sp³-hybridized carbons (Fsp3) is 1.00. The maximum Gasteiger partial charge on any atom is 0.0593 e. The highest BCUT2D eigenvalue weighted by Gasteiger charge is 2.17. The third-order valence-corrected chi connectivity index (χ3v) is 2.99. The Morgan fingerprint density at radius 3 is 1.83 bits per heavy atom. The molecule has 4 nitrogen and oxygen atoms in total. The molecule has 0 fully saturated rings. The summed E-state index contributed by atoms with van der Waals surface area (Å²) < 4.78 is 10.9. The molecule has 0 amide bonds. The second kappa shape index (κ2) is 11.9. The first kappa shape index (κ1) is 17.8. The van der Waals surface area contributed by atoms with Crippen molar-refractivity contribution in [2.24, 2.45) is 11.7 Å². The largest absolute Gasteiger partial charge is 0.380 e. The van der Waals surface area contributed by atoms with Gasteiger partial charge in [-0.15, -0.1) is 0 Å². The highest BCUT2D eigenvalue weighted by atomic mass is 16.5. The molecule has 2 N–H and O–H groups in total. The lowest BCUT2D eigenvalue weighted by molar-refractivity contribution is 0.0594. The molecule has 0 aliphatic heterocycles. The molecule has 0 bridgehead atoms. The van der Waals surface area contributed by atoms with E-state index in [4.69, 9.17) is 15.2 Å². The van der Waals surface area contributed by atoms with Crippen molar-refractivity contribution >= 4 is 0 Å². The Kier molecular flexibility index (Phi) is 11.8. The van der Waals surface area contributed by atoms with Gasteiger partial charge in [-0.25, -0.2) is 0 Å². The van der Waals surface area contributed by atoms with Crippen LogP contribution in [0.3, 0.4) is 0 Å². The van der Waals surface area contributed by atoms with E-state index in [1.54, 1.807) is 0 Å². The Labute approximate surface area is 113 Å². The van der Waals surface area contributed by atoms with Crippen LogP contribution in [0, 0.1) is 5.92 Å². The third kappa shape index (κ3) is 8.86. The van der Waals surface area contributed by atoms with Crippen LogP contribution in [-0.2, 0) is 9.47 Å². The summed E-state index contributed by atoms with van der Waals surface area (Å²) in [6.45, 7) is 14.2. The lowest BCUT2D eigenvalue weighted by atomic mass is 10.0. The zero-order valence-electron chi connectivity index (χ0n) is 12.7. The predicted octanol–water partition coefficient (Wildman–Crippen LogP) is 1.73. The van der Waals surface area contributed by atoms with Crippen molar-refractivity contribution in [3.05, 3.63) is 0 Å². The van der Waals surface area contributed by atoms with Crippen molar-refractivity contribution in [1.82, 2.24) is 4.90 Å². The van der Waals surface area contributed by atoms with Crippen molar-refractivity contribution in [3.63, 3.8) is 0 Å². The minimum Gasteiger partial charge on any atom is -0.380 e. The molecule has 0 aliphatic rings. The molecule has 1 unspecified atom stereocenters. The van der Waals surface area contributed by atoms with Crippen LogP contribution in [0.15, 0.2) is 0 Å². The van der Waals surface area contributed by atoms with E-state index in [2.05, 4.69) is 18.7 Å². The topological polar surface area (TPSA) is 47.7 Å². The Hall–Kier alpha value is -0.160. The van der Waals surface area contributed by atoms with Gasteiger partial charge >= 0.3 is 0 Å². The van der Waals surface area contributed by atoms with Crippen LogP contribution in [0.2, 0.25) is 0 Å². The molecule has 0 aliphatic carbocycles. The molecule has 1 atom stereocenters. The Bertz CT molecular complexity index is 167. The molecule has 0 heterocycles. The van der Waals surface area contributed by atoms with Gasteiger partial charge in [0, 0.05) is 38.9 Å². The molecule has 0 aromatic rings. The highest BCUT2D eigenvalue weighted by Crippen LogP contribution is 2.10. The maximum absolute atomic E-state index is 5.91. The first-order valence-corrected chi connectivity index (χ1v) is 7.25. The van der Waals surface area contributed by atoms with Gasteiger partial charge in [-0.05, 0) is 26.2 Å². The van der Waals surface area contributed by atoms with Gasteiger partial charge in [-0.3, -0.25) is 4.90 Å². The molecular weight excluding hydrogens is 228 g/mol. The molecule has 0 aromatic carbocycles. The Balaban J connectivity index is 4.20. The number of rotatable bonds is 12. The van der Waals surface area contributed by atoms with Crippen molar-refractivity contribution in [2.75, 3.05) is 46.1 Å². The second-order valence-corrected chi connectivity index (χ2v) is 4.95. The minimum absolute atomic E-state index is 0.436. The molecule has 110 valence electrons. The Morgan fingerprint density at radius 1 is 1.00 bits per heavy atom. The van der Waals surface area contributed by atoms with Gasteiger partial charge in [-0.1, -0.05) is 13.8 Å². The van der Waals surface area contributed by atoms with E-state index < -0.39 is 0 Å². The van der Waals surface area contributed by atoms with Crippen LogP contribution in [0.5, 0.6) is 0 Å². The molecule has 4 heteroatoms. The lowest BCUT2D eigenvalue weighted by Crippen LogP contribution is -2.44. The summed E-state index contributed by atoms with van der Waals surface area (Å²) in [6, 6.07) is 0.436. The van der Waals surface area contributed by atoms with Crippen molar-refractivity contribution in [2.45, 2.75) is 40.2 Å². The summed E-state index contributed by atoms with van der Waals surface area (Å²) in [4.78, 5) is 2.41. The standard InChI is InChI=1S/C14H32N2O2/c1-5-17-9-7-16(8-10-18-6-2)14(12-15)11-13(3)4/h13-14H,5-12,15H2,1-4H3. The summed E-state index contributed by atoms with van der Waals surface area (Å²) in [5.74, 6) is 0.667. The van der Waals surface area contributed by atoms with E-state index in [0.717, 1.165) is 45.9 Å². The summed E-state index contributed by atoms with van der Waals surface area (Å²) in [6.07, 6.45) is 1.13. The number of hydrogen-bond donors (Lipinski definition) is 1. The first-order valence-electron chi connectivity index (χ1n) is 7.25. The van der Waals surface area contributed by atoms with Gasteiger partial charge in [0.25, 0.3) is 0 Å². The fourth-order valence-corrected chi connectivity index (χ4v) is 2.07. The van der Waals surface area contributed by atoms with Crippen LogP contribution in [0.1, 0.15) is 34.1 Å². The van der Waals surface area contributed by atoms with Gasteiger partial charge in [0.15, 0.2) is 0 Å². The van der Waals surface area contributed by atoms with E-state index >= 15 is 0 Å². The number of nitrogens with two attached hydrogens (primary N) is 1. The minimum atomic E-state index is 0.436. The molecule has 18 heavy (non-hydrogen) atoms. The Morgan fingerprint density at radius 2 is 1.50 bits per heavy atom. The van der Waals surface area contributed by atoms with E-state index in [0.29, 0.717) is 18.5 Å². The van der Waals surface area contributed by atoms with Crippen LogP contribution in [0.25, 0.3) is 0 Å². The fourth-order valence-electron chi connectivity index (χ4n) is 2.07. The molecule has 0 aromatic heterocycles.